The number of piperidine rings is 1. The first-order valence-corrected chi connectivity index (χ1v) is 6.20. The van der Waals surface area contributed by atoms with Gasteiger partial charge in [0.1, 0.15) is 11.5 Å². The zero-order chi connectivity index (χ0) is 13.8. The number of hydrogen-bond donors (Lipinski definition) is 2. The lowest BCUT2D eigenvalue weighted by Crippen LogP contribution is -2.42. The molecule has 7 nitrogen and oxygen atoms in total. The van der Waals surface area contributed by atoms with Crippen LogP contribution in [0.4, 0.5) is 5.82 Å². The highest BCUT2D eigenvalue weighted by Gasteiger charge is 2.26. The smallest absolute Gasteiger partial charge is 0.268 e. The monoisotopic (exact) mass is 263 g/mol. The molecule has 0 radical (unpaired) electrons. The van der Waals surface area contributed by atoms with Gasteiger partial charge in [0.05, 0.1) is 18.3 Å². The van der Waals surface area contributed by atoms with E-state index >= 15 is 0 Å². The average Bonchev–Trinajstić information content (AvgIpc) is 2.46. The number of hydrogen-bond acceptors (Lipinski definition) is 5. The van der Waals surface area contributed by atoms with Crippen LogP contribution in [0.1, 0.15) is 23.3 Å². The Bertz CT molecular complexity index is 491. The van der Waals surface area contributed by atoms with Crippen molar-refractivity contribution in [2.24, 2.45) is 11.7 Å². The number of amides is 2. The third kappa shape index (κ3) is 2.98. The van der Waals surface area contributed by atoms with Crippen molar-refractivity contribution in [2.75, 3.05) is 25.0 Å². The maximum atomic E-state index is 11.7. The van der Waals surface area contributed by atoms with Gasteiger partial charge in [-0.25, -0.2) is 4.98 Å². The molecule has 1 atom stereocenters. The fourth-order valence-electron chi connectivity index (χ4n) is 2.23. The number of nitrogens with zero attached hydrogens (tertiary/aromatic N) is 3. The molecule has 0 aromatic carbocycles. The molecule has 102 valence electrons. The predicted molar refractivity (Wildman–Crippen MR) is 69.6 cm³/mol. The summed E-state index contributed by atoms with van der Waals surface area (Å²) in [6, 6.07) is 0. The molecule has 3 N–H and O–H groups in total. The van der Waals surface area contributed by atoms with Crippen LogP contribution in [-0.4, -0.2) is 41.9 Å². The lowest BCUT2D eigenvalue weighted by molar-refractivity contribution is -0.124. The molecule has 0 unspecified atom stereocenters. The van der Waals surface area contributed by atoms with Crippen LogP contribution >= 0.6 is 0 Å². The molecule has 2 heterocycles. The molecule has 0 saturated carbocycles. The second-order valence-corrected chi connectivity index (χ2v) is 4.53. The van der Waals surface area contributed by atoms with Gasteiger partial charge in [-0.3, -0.25) is 14.6 Å². The number of anilines is 1. The SMILES string of the molecule is CNC(=O)[C@@H]1CCCN(c2cncc(C(N)=O)n2)C1. The molecule has 2 amide bonds. The maximum absolute atomic E-state index is 11.7. The molecule has 1 aromatic heterocycles. The van der Waals surface area contributed by atoms with Crippen molar-refractivity contribution in [1.29, 1.82) is 0 Å². The van der Waals surface area contributed by atoms with E-state index in [0.717, 1.165) is 19.4 Å². The van der Waals surface area contributed by atoms with Crippen molar-refractivity contribution in [1.82, 2.24) is 15.3 Å². The van der Waals surface area contributed by atoms with Crippen LogP contribution in [0.5, 0.6) is 0 Å². The Labute approximate surface area is 111 Å². The summed E-state index contributed by atoms with van der Waals surface area (Å²) in [4.78, 5) is 32.9. The Kier molecular flexibility index (Phi) is 3.94. The largest absolute Gasteiger partial charge is 0.364 e. The van der Waals surface area contributed by atoms with Gasteiger partial charge in [0.15, 0.2) is 0 Å². The Balaban J connectivity index is 2.15. The first-order valence-electron chi connectivity index (χ1n) is 6.20. The first kappa shape index (κ1) is 13.3. The Morgan fingerprint density at radius 3 is 2.95 bits per heavy atom. The van der Waals surface area contributed by atoms with E-state index in [2.05, 4.69) is 15.3 Å². The molecule has 1 aliphatic heterocycles. The summed E-state index contributed by atoms with van der Waals surface area (Å²) in [5, 5.41) is 2.66. The Morgan fingerprint density at radius 2 is 2.26 bits per heavy atom. The number of carbonyl (C=O) groups is 2. The Hall–Kier alpha value is -2.18. The molecule has 1 saturated heterocycles. The number of carbonyl (C=O) groups excluding carboxylic acids is 2. The maximum Gasteiger partial charge on any atom is 0.268 e. The average molecular weight is 263 g/mol. The summed E-state index contributed by atoms with van der Waals surface area (Å²) >= 11 is 0. The van der Waals surface area contributed by atoms with E-state index in [1.54, 1.807) is 13.2 Å². The zero-order valence-corrected chi connectivity index (χ0v) is 10.8. The van der Waals surface area contributed by atoms with Gasteiger partial charge in [-0.05, 0) is 12.8 Å². The fourth-order valence-corrected chi connectivity index (χ4v) is 2.23. The highest BCUT2D eigenvalue weighted by atomic mass is 16.2. The fraction of sp³-hybridized carbons (Fsp3) is 0.500. The lowest BCUT2D eigenvalue weighted by Gasteiger charge is -2.32. The number of nitrogens with two attached hydrogens (primary N) is 1. The summed E-state index contributed by atoms with van der Waals surface area (Å²) < 4.78 is 0. The molecule has 0 aliphatic carbocycles. The standard InChI is InChI=1S/C12H17N5O2/c1-14-12(19)8-3-2-4-17(7-8)10-6-15-5-9(16-10)11(13)18/h5-6,8H,2-4,7H2,1H3,(H2,13,18)(H,14,19)/t8-/m1/s1. The minimum atomic E-state index is -0.603. The van der Waals surface area contributed by atoms with Gasteiger partial charge >= 0.3 is 0 Å². The van der Waals surface area contributed by atoms with Crippen LogP contribution < -0.4 is 16.0 Å². The van der Waals surface area contributed by atoms with Crippen molar-refractivity contribution in [3.8, 4) is 0 Å². The van der Waals surface area contributed by atoms with E-state index in [4.69, 9.17) is 5.73 Å². The van der Waals surface area contributed by atoms with E-state index in [0.29, 0.717) is 12.4 Å². The summed E-state index contributed by atoms with van der Waals surface area (Å²) in [6.07, 6.45) is 4.68. The van der Waals surface area contributed by atoms with Crippen molar-refractivity contribution in [2.45, 2.75) is 12.8 Å². The summed E-state index contributed by atoms with van der Waals surface area (Å²) in [5.41, 5.74) is 5.32. The van der Waals surface area contributed by atoms with Crippen molar-refractivity contribution < 1.29 is 9.59 Å². The predicted octanol–water partition coefficient (Wildman–Crippen LogP) is -0.462. The molecule has 1 fully saturated rings. The molecule has 1 aromatic rings. The Morgan fingerprint density at radius 1 is 1.47 bits per heavy atom. The molecule has 2 rings (SSSR count). The topological polar surface area (TPSA) is 101 Å². The molecule has 19 heavy (non-hydrogen) atoms. The van der Waals surface area contributed by atoms with E-state index in [-0.39, 0.29) is 17.5 Å². The zero-order valence-electron chi connectivity index (χ0n) is 10.8. The summed E-state index contributed by atoms with van der Waals surface area (Å²) in [7, 11) is 1.63. The van der Waals surface area contributed by atoms with E-state index in [1.165, 1.54) is 6.20 Å². The number of primary amides is 1. The highest BCUT2D eigenvalue weighted by molar-refractivity contribution is 5.90. The van der Waals surface area contributed by atoms with E-state index < -0.39 is 5.91 Å². The third-order valence-corrected chi connectivity index (χ3v) is 3.24. The van der Waals surface area contributed by atoms with Crippen LogP contribution in [0.15, 0.2) is 12.4 Å². The quantitative estimate of drug-likeness (QED) is 0.768. The second kappa shape index (κ2) is 5.64. The minimum Gasteiger partial charge on any atom is -0.364 e. The molecule has 7 heteroatoms. The molecule has 0 spiro atoms. The van der Waals surface area contributed by atoms with Crippen LogP contribution in [0.2, 0.25) is 0 Å². The van der Waals surface area contributed by atoms with Gasteiger partial charge in [0.25, 0.3) is 5.91 Å². The number of nitrogens with one attached hydrogen (secondary N) is 1. The molecule has 0 bridgehead atoms. The van der Waals surface area contributed by atoms with Crippen LogP contribution in [0.3, 0.4) is 0 Å². The van der Waals surface area contributed by atoms with Crippen LogP contribution in [0, 0.1) is 5.92 Å². The number of aromatic nitrogens is 2. The summed E-state index contributed by atoms with van der Waals surface area (Å²) in [5.74, 6) is -0.0411. The van der Waals surface area contributed by atoms with Crippen LogP contribution in [-0.2, 0) is 4.79 Å². The van der Waals surface area contributed by atoms with Crippen molar-refractivity contribution in [3.05, 3.63) is 18.1 Å². The van der Waals surface area contributed by atoms with Gasteiger partial charge in [-0.2, -0.15) is 0 Å². The van der Waals surface area contributed by atoms with Gasteiger partial charge < -0.3 is 16.0 Å². The van der Waals surface area contributed by atoms with Gasteiger partial charge in [-0.1, -0.05) is 0 Å². The van der Waals surface area contributed by atoms with Gasteiger partial charge in [-0.15, -0.1) is 0 Å². The molecular weight excluding hydrogens is 246 g/mol. The van der Waals surface area contributed by atoms with E-state index in [1.807, 2.05) is 4.90 Å². The minimum absolute atomic E-state index is 0.0312. The highest BCUT2D eigenvalue weighted by Crippen LogP contribution is 2.21. The van der Waals surface area contributed by atoms with E-state index in [9.17, 15) is 9.59 Å². The first-order chi connectivity index (χ1) is 9.11. The van der Waals surface area contributed by atoms with Gasteiger partial charge in [0.2, 0.25) is 5.91 Å². The number of rotatable bonds is 3. The van der Waals surface area contributed by atoms with Crippen LogP contribution in [0.25, 0.3) is 0 Å². The molecule has 1 aliphatic rings. The summed E-state index contributed by atoms with van der Waals surface area (Å²) in [6.45, 7) is 1.38. The second-order valence-electron chi connectivity index (χ2n) is 4.53. The lowest BCUT2D eigenvalue weighted by atomic mass is 9.97. The van der Waals surface area contributed by atoms with Crippen molar-refractivity contribution in [3.63, 3.8) is 0 Å². The molecular formula is C12H17N5O2. The van der Waals surface area contributed by atoms with Gasteiger partial charge in [0, 0.05) is 20.1 Å². The third-order valence-electron chi connectivity index (χ3n) is 3.24. The normalized spacial score (nSPS) is 19.0. The van der Waals surface area contributed by atoms with Crippen molar-refractivity contribution >= 4 is 17.6 Å².